The molecule has 0 aliphatic rings. The van der Waals surface area contributed by atoms with E-state index < -0.39 is 11.5 Å². The Balaban J connectivity index is 1.49. The van der Waals surface area contributed by atoms with Crippen LogP contribution in [-0.4, -0.2) is 24.3 Å². The standard InChI is InChI=1S/C30H25N3O4/c1-36-28-18-22(16-17-27(28)37-21-24-11-9-8-10-23(24)19-31)20-32-33-29(34)30(35,25-12-4-2-5-13-25)26-14-6-3-7-15-26/h2-18,20,35H,21H2,1H3,(H,33,34)/b32-20-. The number of carbonyl (C=O) groups excluding carboxylic acids is 1. The molecule has 0 aliphatic carbocycles. The summed E-state index contributed by atoms with van der Waals surface area (Å²) in [6, 6.07) is 32.0. The van der Waals surface area contributed by atoms with Crippen molar-refractivity contribution >= 4 is 12.1 Å². The van der Waals surface area contributed by atoms with Crippen molar-refractivity contribution in [1.29, 1.82) is 5.26 Å². The third-order valence-corrected chi connectivity index (χ3v) is 5.80. The highest BCUT2D eigenvalue weighted by atomic mass is 16.5. The first-order valence-electron chi connectivity index (χ1n) is 11.5. The molecule has 1 amide bonds. The van der Waals surface area contributed by atoms with Gasteiger partial charge in [-0.2, -0.15) is 10.4 Å². The van der Waals surface area contributed by atoms with Crippen molar-refractivity contribution in [2.75, 3.05) is 7.11 Å². The topological polar surface area (TPSA) is 104 Å². The lowest BCUT2D eigenvalue weighted by Gasteiger charge is -2.27. The van der Waals surface area contributed by atoms with Gasteiger partial charge in [-0.1, -0.05) is 78.9 Å². The third-order valence-electron chi connectivity index (χ3n) is 5.80. The number of nitrogens with zero attached hydrogens (tertiary/aromatic N) is 2. The van der Waals surface area contributed by atoms with Crippen LogP contribution in [0.15, 0.2) is 108 Å². The number of aliphatic hydroxyl groups is 1. The minimum absolute atomic E-state index is 0.209. The summed E-state index contributed by atoms with van der Waals surface area (Å²) >= 11 is 0. The number of nitriles is 1. The number of benzene rings is 4. The molecule has 0 heterocycles. The molecule has 0 fully saturated rings. The van der Waals surface area contributed by atoms with Gasteiger partial charge in [-0.3, -0.25) is 4.79 Å². The summed E-state index contributed by atoms with van der Waals surface area (Å²) in [6.07, 6.45) is 1.45. The van der Waals surface area contributed by atoms with Crippen molar-refractivity contribution in [1.82, 2.24) is 5.43 Å². The fourth-order valence-corrected chi connectivity index (χ4v) is 3.83. The van der Waals surface area contributed by atoms with Gasteiger partial charge in [0.1, 0.15) is 6.61 Å². The van der Waals surface area contributed by atoms with Gasteiger partial charge in [-0.25, -0.2) is 5.43 Å². The first kappa shape index (κ1) is 25.2. The van der Waals surface area contributed by atoms with Crippen LogP contribution < -0.4 is 14.9 Å². The molecule has 0 saturated carbocycles. The van der Waals surface area contributed by atoms with Gasteiger partial charge in [0, 0.05) is 5.56 Å². The number of amides is 1. The average Bonchev–Trinajstić information content (AvgIpc) is 2.96. The van der Waals surface area contributed by atoms with Crippen molar-refractivity contribution in [3.8, 4) is 17.6 Å². The molecule has 2 N–H and O–H groups in total. The number of methoxy groups -OCH3 is 1. The van der Waals surface area contributed by atoms with E-state index in [0.29, 0.717) is 33.8 Å². The predicted octanol–water partition coefficient (Wildman–Crippen LogP) is 4.53. The Labute approximate surface area is 215 Å². The van der Waals surface area contributed by atoms with E-state index in [1.807, 2.05) is 24.3 Å². The number of hydrogen-bond acceptors (Lipinski definition) is 6. The quantitative estimate of drug-likeness (QED) is 0.264. The summed E-state index contributed by atoms with van der Waals surface area (Å²) in [7, 11) is 1.52. The summed E-state index contributed by atoms with van der Waals surface area (Å²) in [5.41, 5.74) is 3.35. The first-order valence-corrected chi connectivity index (χ1v) is 11.5. The Morgan fingerprint density at radius 1 is 0.946 bits per heavy atom. The second kappa shape index (κ2) is 11.7. The first-order chi connectivity index (χ1) is 18.1. The molecule has 7 nitrogen and oxygen atoms in total. The molecule has 0 radical (unpaired) electrons. The van der Waals surface area contributed by atoms with Crippen LogP contribution in [0.2, 0.25) is 0 Å². The molecule has 4 aromatic rings. The minimum Gasteiger partial charge on any atom is -0.493 e. The van der Waals surface area contributed by atoms with Crippen molar-refractivity contribution in [3.05, 3.63) is 131 Å². The normalized spacial score (nSPS) is 11.1. The van der Waals surface area contributed by atoms with E-state index in [-0.39, 0.29) is 6.61 Å². The van der Waals surface area contributed by atoms with E-state index >= 15 is 0 Å². The van der Waals surface area contributed by atoms with Crippen molar-refractivity contribution < 1.29 is 19.4 Å². The summed E-state index contributed by atoms with van der Waals surface area (Å²) in [5, 5.41) is 24.8. The van der Waals surface area contributed by atoms with Crippen LogP contribution in [0.1, 0.15) is 27.8 Å². The van der Waals surface area contributed by atoms with Crippen LogP contribution in [0.3, 0.4) is 0 Å². The SMILES string of the molecule is COc1cc(/C=N\NC(=O)C(O)(c2ccccc2)c2ccccc2)ccc1OCc1ccccc1C#N. The Morgan fingerprint density at radius 2 is 1.57 bits per heavy atom. The Kier molecular flexibility index (Phi) is 7.94. The summed E-state index contributed by atoms with van der Waals surface area (Å²) in [4.78, 5) is 13.2. The Morgan fingerprint density at radius 3 is 2.19 bits per heavy atom. The zero-order chi connectivity index (χ0) is 26.1. The predicted molar refractivity (Wildman–Crippen MR) is 140 cm³/mol. The highest BCUT2D eigenvalue weighted by Gasteiger charge is 2.39. The van der Waals surface area contributed by atoms with E-state index in [2.05, 4.69) is 16.6 Å². The van der Waals surface area contributed by atoms with Crippen molar-refractivity contribution in [2.24, 2.45) is 5.10 Å². The average molecular weight is 492 g/mol. The number of ether oxygens (including phenoxy) is 2. The molecule has 0 bridgehead atoms. The summed E-state index contributed by atoms with van der Waals surface area (Å²) < 4.78 is 11.3. The number of nitrogens with one attached hydrogen (secondary N) is 1. The van der Waals surface area contributed by atoms with E-state index in [9.17, 15) is 15.2 Å². The van der Waals surface area contributed by atoms with Crippen molar-refractivity contribution in [2.45, 2.75) is 12.2 Å². The zero-order valence-electron chi connectivity index (χ0n) is 20.2. The second-order valence-corrected chi connectivity index (χ2v) is 8.11. The molecule has 0 aromatic heterocycles. The maximum absolute atomic E-state index is 13.2. The molecule has 0 spiro atoms. The van der Waals surface area contributed by atoms with Gasteiger partial charge in [0.05, 0.1) is 25.0 Å². The van der Waals surface area contributed by atoms with Crippen LogP contribution in [0.5, 0.6) is 11.5 Å². The monoisotopic (exact) mass is 491 g/mol. The Bertz CT molecular complexity index is 1390. The van der Waals surface area contributed by atoms with Gasteiger partial charge in [0.15, 0.2) is 17.1 Å². The number of carbonyl (C=O) groups is 1. The largest absolute Gasteiger partial charge is 0.493 e. The van der Waals surface area contributed by atoms with Crippen LogP contribution in [0.4, 0.5) is 0 Å². The van der Waals surface area contributed by atoms with Gasteiger partial charge in [-0.05, 0) is 41.0 Å². The summed E-state index contributed by atoms with van der Waals surface area (Å²) in [5.74, 6) is 0.276. The van der Waals surface area contributed by atoms with E-state index in [1.165, 1.54) is 13.3 Å². The fourth-order valence-electron chi connectivity index (χ4n) is 3.83. The van der Waals surface area contributed by atoms with Crippen molar-refractivity contribution in [3.63, 3.8) is 0 Å². The molecule has 0 aliphatic heterocycles. The maximum atomic E-state index is 13.2. The minimum atomic E-state index is -1.92. The van der Waals surface area contributed by atoms with Gasteiger partial charge in [0.2, 0.25) is 0 Å². The molecule has 0 saturated heterocycles. The number of rotatable bonds is 9. The molecule has 0 unspecified atom stereocenters. The van der Waals surface area contributed by atoms with E-state index in [1.54, 1.807) is 78.9 Å². The van der Waals surface area contributed by atoms with Gasteiger partial charge >= 0.3 is 0 Å². The van der Waals surface area contributed by atoms with Gasteiger partial charge in [0.25, 0.3) is 5.91 Å². The van der Waals surface area contributed by atoms with Crippen LogP contribution in [0, 0.1) is 11.3 Å². The summed E-state index contributed by atoms with van der Waals surface area (Å²) in [6.45, 7) is 0.209. The fraction of sp³-hybridized carbons (Fsp3) is 0.100. The number of hydrazone groups is 1. The van der Waals surface area contributed by atoms with E-state index in [0.717, 1.165) is 5.56 Å². The Hall–Kier alpha value is -4.93. The van der Waals surface area contributed by atoms with Crippen LogP contribution in [-0.2, 0) is 17.0 Å². The lowest BCUT2D eigenvalue weighted by molar-refractivity contribution is -0.136. The van der Waals surface area contributed by atoms with E-state index in [4.69, 9.17) is 9.47 Å². The second-order valence-electron chi connectivity index (χ2n) is 8.11. The molecule has 4 aromatic carbocycles. The van der Waals surface area contributed by atoms with Crippen LogP contribution in [0.25, 0.3) is 0 Å². The smallest absolute Gasteiger partial charge is 0.281 e. The highest BCUT2D eigenvalue weighted by molar-refractivity contribution is 5.91. The molecule has 4 rings (SSSR count). The lowest BCUT2D eigenvalue weighted by Crippen LogP contribution is -2.43. The van der Waals surface area contributed by atoms with Gasteiger partial charge < -0.3 is 14.6 Å². The van der Waals surface area contributed by atoms with Crippen LogP contribution >= 0.6 is 0 Å². The zero-order valence-corrected chi connectivity index (χ0v) is 20.2. The molecular weight excluding hydrogens is 466 g/mol. The molecule has 7 heteroatoms. The number of hydrogen-bond donors (Lipinski definition) is 2. The maximum Gasteiger partial charge on any atom is 0.281 e. The molecular formula is C30H25N3O4. The molecule has 37 heavy (non-hydrogen) atoms. The highest BCUT2D eigenvalue weighted by Crippen LogP contribution is 2.30. The lowest BCUT2D eigenvalue weighted by atomic mass is 9.85. The third kappa shape index (κ3) is 5.67. The molecule has 0 atom stereocenters. The molecule has 184 valence electrons. The van der Waals surface area contributed by atoms with Gasteiger partial charge in [-0.15, -0.1) is 0 Å².